The molecule has 1 unspecified atom stereocenters. The van der Waals surface area contributed by atoms with E-state index in [2.05, 4.69) is 29.4 Å². The largest absolute Gasteiger partial charge is 0.461 e. The van der Waals surface area contributed by atoms with Gasteiger partial charge >= 0.3 is 5.97 Å². The first-order chi connectivity index (χ1) is 9.70. The van der Waals surface area contributed by atoms with Crippen molar-refractivity contribution >= 4 is 22.3 Å². The minimum Gasteiger partial charge on any atom is -0.461 e. The molecule has 0 spiro atoms. The zero-order chi connectivity index (χ0) is 14.4. The van der Waals surface area contributed by atoms with Gasteiger partial charge in [-0.1, -0.05) is 30.3 Å². The van der Waals surface area contributed by atoms with Crippen molar-refractivity contribution in [3.63, 3.8) is 0 Å². The third-order valence-corrected chi connectivity index (χ3v) is 3.56. The molecule has 0 amide bonds. The first-order valence-electron chi connectivity index (χ1n) is 6.61. The van der Waals surface area contributed by atoms with Crippen molar-refractivity contribution in [3.8, 4) is 0 Å². The Morgan fingerprint density at radius 2 is 2.15 bits per heavy atom. The highest BCUT2D eigenvalue weighted by atomic mass is 32.1. The number of ether oxygens (including phenoxy) is 1. The summed E-state index contributed by atoms with van der Waals surface area (Å²) in [6.07, 6.45) is 0.890. The first-order valence-corrected chi connectivity index (χ1v) is 7.49. The maximum absolute atomic E-state index is 11.7. The fraction of sp³-hybridized carbons (Fsp3) is 0.333. The van der Waals surface area contributed by atoms with Crippen LogP contribution >= 0.6 is 11.3 Å². The molecular formula is C15H18N2O2S. The number of esters is 1. The van der Waals surface area contributed by atoms with Gasteiger partial charge in [0.25, 0.3) is 0 Å². The molecule has 0 radical (unpaired) electrons. The Morgan fingerprint density at radius 1 is 1.40 bits per heavy atom. The number of hydrogen-bond donors (Lipinski definition) is 1. The summed E-state index contributed by atoms with van der Waals surface area (Å²) in [5.74, 6) is -0.372. The zero-order valence-corrected chi connectivity index (χ0v) is 12.4. The van der Waals surface area contributed by atoms with E-state index in [0.717, 1.165) is 11.4 Å². The molecule has 0 saturated heterocycles. The summed E-state index contributed by atoms with van der Waals surface area (Å²) in [7, 11) is 0. The normalized spacial score (nSPS) is 11.9. The van der Waals surface area contributed by atoms with Crippen LogP contribution in [0.2, 0.25) is 0 Å². The number of hydrogen-bond acceptors (Lipinski definition) is 5. The van der Waals surface area contributed by atoms with Crippen molar-refractivity contribution < 1.29 is 9.53 Å². The van der Waals surface area contributed by atoms with E-state index in [0.29, 0.717) is 12.3 Å². The van der Waals surface area contributed by atoms with Crippen LogP contribution in [0.15, 0.2) is 35.8 Å². The van der Waals surface area contributed by atoms with E-state index < -0.39 is 0 Å². The van der Waals surface area contributed by atoms with Gasteiger partial charge in [-0.05, 0) is 25.8 Å². The number of aromatic nitrogens is 1. The quantitative estimate of drug-likeness (QED) is 0.829. The number of nitrogens with zero attached hydrogens (tertiary/aromatic N) is 1. The minimum atomic E-state index is -0.372. The average Bonchev–Trinajstić information content (AvgIpc) is 2.88. The van der Waals surface area contributed by atoms with E-state index in [1.54, 1.807) is 12.4 Å². The second-order valence-corrected chi connectivity index (χ2v) is 5.34. The SMILES string of the molecule is CCOC(=O)c1ncsc1NC(C)Cc1ccccc1. The lowest BCUT2D eigenvalue weighted by Gasteiger charge is -2.14. The van der Waals surface area contributed by atoms with Gasteiger partial charge in [0.1, 0.15) is 5.00 Å². The Hall–Kier alpha value is -1.88. The monoisotopic (exact) mass is 290 g/mol. The molecule has 1 N–H and O–H groups in total. The van der Waals surface area contributed by atoms with Gasteiger partial charge in [0, 0.05) is 6.04 Å². The van der Waals surface area contributed by atoms with E-state index in [1.807, 2.05) is 18.2 Å². The Balaban J connectivity index is 2.00. The topological polar surface area (TPSA) is 51.2 Å². The lowest BCUT2D eigenvalue weighted by Crippen LogP contribution is -2.19. The van der Waals surface area contributed by atoms with Crippen LogP contribution in [0.1, 0.15) is 29.9 Å². The Kier molecular flexibility index (Phi) is 5.12. The lowest BCUT2D eigenvalue weighted by molar-refractivity contribution is 0.0521. The molecule has 0 bridgehead atoms. The highest BCUT2D eigenvalue weighted by Crippen LogP contribution is 2.22. The molecule has 0 aliphatic carbocycles. The minimum absolute atomic E-state index is 0.214. The van der Waals surface area contributed by atoms with Gasteiger partial charge in [0.2, 0.25) is 0 Å². The fourth-order valence-electron chi connectivity index (χ4n) is 1.94. The highest BCUT2D eigenvalue weighted by Gasteiger charge is 2.17. The summed E-state index contributed by atoms with van der Waals surface area (Å²) < 4.78 is 4.99. The van der Waals surface area contributed by atoms with Gasteiger partial charge < -0.3 is 10.1 Å². The molecule has 4 nitrogen and oxygen atoms in total. The van der Waals surface area contributed by atoms with Gasteiger partial charge in [0.05, 0.1) is 12.1 Å². The van der Waals surface area contributed by atoms with Gasteiger partial charge in [-0.25, -0.2) is 9.78 Å². The standard InChI is InChI=1S/C15H18N2O2S/c1-3-19-15(18)13-14(20-10-16-13)17-11(2)9-12-7-5-4-6-8-12/h4-8,10-11,17H,3,9H2,1-2H3. The van der Waals surface area contributed by atoms with Crippen LogP contribution in [-0.4, -0.2) is 23.6 Å². The van der Waals surface area contributed by atoms with E-state index in [-0.39, 0.29) is 12.0 Å². The molecular weight excluding hydrogens is 272 g/mol. The number of carbonyl (C=O) groups is 1. The van der Waals surface area contributed by atoms with Crippen molar-refractivity contribution in [2.75, 3.05) is 11.9 Å². The molecule has 1 aromatic carbocycles. The number of carbonyl (C=O) groups excluding carboxylic acids is 1. The predicted octanol–water partition coefficient (Wildman–Crippen LogP) is 3.36. The summed E-state index contributed by atoms with van der Waals surface area (Å²) in [6, 6.07) is 10.5. The number of nitrogens with one attached hydrogen (secondary N) is 1. The van der Waals surface area contributed by atoms with E-state index >= 15 is 0 Å². The predicted molar refractivity (Wildman–Crippen MR) is 81.3 cm³/mol. The molecule has 2 aromatic rings. The molecule has 1 aromatic heterocycles. The molecule has 1 atom stereocenters. The lowest BCUT2D eigenvalue weighted by atomic mass is 10.1. The maximum Gasteiger partial charge on any atom is 0.360 e. The van der Waals surface area contributed by atoms with Gasteiger partial charge in [-0.3, -0.25) is 0 Å². The van der Waals surface area contributed by atoms with Gasteiger partial charge in [-0.2, -0.15) is 0 Å². The molecule has 0 aliphatic heterocycles. The molecule has 2 rings (SSSR count). The summed E-state index contributed by atoms with van der Waals surface area (Å²) >= 11 is 1.42. The molecule has 1 heterocycles. The number of thiazole rings is 1. The van der Waals surface area contributed by atoms with Crippen molar-refractivity contribution in [1.29, 1.82) is 0 Å². The first kappa shape index (κ1) is 14.5. The number of rotatable bonds is 6. The highest BCUT2D eigenvalue weighted by molar-refractivity contribution is 7.14. The van der Waals surface area contributed by atoms with Crippen LogP contribution in [0.25, 0.3) is 0 Å². The number of anilines is 1. The van der Waals surface area contributed by atoms with Crippen molar-refractivity contribution in [2.45, 2.75) is 26.3 Å². The summed E-state index contributed by atoms with van der Waals surface area (Å²) in [6.45, 7) is 4.23. The van der Waals surface area contributed by atoms with Crippen LogP contribution in [0, 0.1) is 0 Å². The Morgan fingerprint density at radius 3 is 2.85 bits per heavy atom. The van der Waals surface area contributed by atoms with E-state index in [4.69, 9.17) is 4.74 Å². The maximum atomic E-state index is 11.7. The van der Waals surface area contributed by atoms with Crippen LogP contribution in [0.4, 0.5) is 5.00 Å². The fourth-order valence-corrected chi connectivity index (χ4v) is 2.72. The molecule has 0 fully saturated rings. The van der Waals surface area contributed by atoms with Gasteiger partial charge in [-0.15, -0.1) is 11.3 Å². The van der Waals surface area contributed by atoms with Crippen LogP contribution in [0.3, 0.4) is 0 Å². The van der Waals surface area contributed by atoms with Gasteiger partial charge in [0.15, 0.2) is 5.69 Å². The number of benzene rings is 1. The molecule has 0 saturated carbocycles. The second kappa shape index (κ2) is 7.05. The van der Waals surface area contributed by atoms with Crippen LogP contribution in [0.5, 0.6) is 0 Å². The third-order valence-electron chi connectivity index (χ3n) is 2.80. The smallest absolute Gasteiger partial charge is 0.360 e. The van der Waals surface area contributed by atoms with Crippen LogP contribution in [-0.2, 0) is 11.2 Å². The third kappa shape index (κ3) is 3.81. The Labute approximate surface area is 122 Å². The van der Waals surface area contributed by atoms with E-state index in [9.17, 15) is 4.79 Å². The van der Waals surface area contributed by atoms with Crippen LogP contribution < -0.4 is 5.32 Å². The molecule has 106 valence electrons. The summed E-state index contributed by atoms with van der Waals surface area (Å²) in [5.41, 5.74) is 3.29. The van der Waals surface area contributed by atoms with Crippen molar-refractivity contribution in [3.05, 3.63) is 47.1 Å². The van der Waals surface area contributed by atoms with E-state index in [1.165, 1.54) is 16.9 Å². The van der Waals surface area contributed by atoms with Crippen molar-refractivity contribution in [2.24, 2.45) is 0 Å². The molecule has 0 aliphatic rings. The summed E-state index contributed by atoms with van der Waals surface area (Å²) in [4.78, 5) is 15.8. The molecule has 20 heavy (non-hydrogen) atoms. The zero-order valence-electron chi connectivity index (χ0n) is 11.6. The molecule has 5 heteroatoms. The summed E-state index contributed by atoms with van der Waals surface area (Å²) in [5, 5.41) is 4.10. The average molecular weight is 290 g/mol. The van der Waals surface area contributed by atoms with Crippen molar-refractivity contribution in [1.82, 2.24) is 4.98 Å². The Bertz CT molecular complexity index is 554. The second-order valence-electron chi connectivity index (χ2n) is 4.49.